The second-order valence-corrected chi connectivity index (χ2v) is 8.18. The van der Waals surface area contributed by atoms with Gasteiger partial charge >= 0.3 is 0 Å². The summed E-state index contributed by atoms with van der Waals surface area (Å²) in [6, 6.07) is 27.2. The maximum atomic E-state index is 12.7. The van der Waals surface area contributed by atoms with E-state index in [0.29, 0.717) is 23.8 Å². The Labute approximate surface area is 199 Å². The highest BCUT2D eigenvalue weighted by Gasteiger charge is 2.19. The van der Waals surface area contributed by atoms with Gasteiger partial charge in [0.05, 0.1) is 6.54 Å². The van der Waals surface area contributed by atoms with Crippen molar-refractivity contribution in [1.29, 1.82) is 0 Å². The second-order valence-electron chi connectivity index (χ2n) is 8.18. The first-order valence-corrected chi connectivity index (χ1v) is 11.2. The number of aryl methyl sites for hydroxylation is 2. The van der Waals surface area contributed by atoms with Crippen molar-refractivity contribution < 1.29 is 14.0 Å². The lowest BCUT2D eigenvalue weighted by Gasteiger charge is -2.16. The number of likely N-dealkylation sites (N-methyl/N-ethyl adjacent to an activating group) is 1. The zero-order valence-electron chi connectivity index (χ0n) is 19.3. The van der Waals surface area contributed by atoms with Gasteiger partial charge in [-0.1, -0.05) is 78.4 Å². The average molecular weight is 454 g/mol. The molecule has 0 bridgehead atoms. The van der Waals surface area contributed by atoms with Gasteiger partial charge in [0.2, 0.25) is 11.8 Å². The fourth-order valence-electron chi connectivity index (χ4n) is 3.59. The Morgan fingerprint density at radius 3 is 2.15 bits per heavy atom. The topological polar surface area (TPSA) is 75.4 Å². The number of amides is 2. The molecule has 0 unspecified atom stereocenters. The largest absolute Gasteiger partial charge is 0.440 e. The summed E-state index contributed by atoms with van der Waals surface area (Å²) in [5.74, 6) is 0.775. The molecule has 1 N–H and O–H groups in total. The highest BCUT2D eigenvalue weighted by Crippen LogP contribution is 2.32. The normalized spacial score (nSPS) is 10.6. The number of carbonyl (C=O) groups excluding carboxylic acids is 2. The highest BCUT2D eigenvalue weighted by atomic mass is 16.4. The number of anilines is 1. The quantitative estimate of drug-likeness (QED) is 0.390. The third-order valence-electron chi connectivity index (χ3n) is 5.45. The van der Waals surface area contributed by atoms with Gasteiger partial charge in [-0.25, -0.2) is 4.98 Å². The Balaban J connectivity index is 1.40. The SMILES string of the molecule is Cc1ccc(NC(=O)CN(C)C(=O)CCc2nc(-c3ccccc3)c(-c3ccccc3)o2)cc1. The van der Waals surface area contributed by atoms with E-state index >= 15 is 0 Å². The minimum Gasteiger partial charge on any atom is -0.440 e. The van der Waals surface area contributed by atoms with Crippen LogP contribution in [0.4, 0.5) is 5.69 Å². The Morgan fingerprint density at radius 1 is 0.882 bits per heavy atom. The number of hydrogen-bond donors (Lipinski definition) is 1. The molecule has 0 aliphatic rings. The summed E-state index contributed by atoms with van der Waals surface area (Å²) in [6.07, 6.45) is 0.534. The summed E-state index contributed by atoms with van der Waals surface area (Å²) >= 11 is 0. The van der Waals surface area contributed by atoms with Gasteiger partial charge < -0.3 is 14.6 Å². The summed E-state index contributed by atoms with van der Waals surface area (Å²) in [5, 5.41) is 2.81. The number of rotatable bonds is 8. The van der Waals surface area contributed by atoms with Crippen molar-refractivity contribution in [2.24, 2.45) is 0 Å². The lowest BCUT2D eigenvalue weighted by Crippen LogP contribution is -2.35. The van der Waals surface area contributed by atoms with Crippen LogP contribution in [0.25, 0.3) is 22.6 Å². The van der Waals surface area contributed by atoms with Crippen LogP contribution in [-0.2, 0) is 16.0 Å². The van der Waals surface area contributed by atoms with Crippen LogP contribution in [0, 0.1) is 6.92 Å². The van der Waals surface area contributed by atoms with E-state index in [9.17, 15) is 9.59 Å². The van der Waals surface area contributed by atoms with Crippen molar-refractivity contribution in [2.45, 2.75) is 19.8 Å². The molecule has 6 heteroatoms. The summed E-state index contributed by atoms with van der Waals surface area (Å²) < 4.78 is 6.09. The fourth-order valence-corrected chi connectivity index (χ4v) is 3.59. The first-order chi connectivity index (χ1) is 16.5. The molecule has 1 heterocycles. The van der Waals surface area contributed by atoms with Crippen molar-refractivity contribution in [3.8, 4) is 22.6 Å². The molecular formula is C28H27N3O3. The zero-order valence-corrected chi connectivity index (χ0v) is 19.3. The minimum absolute atomic E-state index is 0.0250. The second kappa shape index (κ2) is 10.6. The van der Waals surface area contributed by atoms with Crippen LogP contribution in [0.15, 0.2) is 89.3 Å². The standard InChI is InChI=1S/C28H27N3O3/c1-20-13-15-23(16-14-20)29-24(32)19-31(2)26(33)18-17-25-30-27(21-9-5-3-6-10-21)28(34-25)22-11-7-4-8-12-22/h3-16H,17-19H2,1-2H3,(H,29,32). The molecule has 0 fully saturated rings. The molecule has 6 nitrogen and oxygen atoms in total. The van der Waals surface area contributed by atoms with E-state index in [-0.39, 0.29) is 24.8 Å². The Hall–Kier alpha value is -4.19. The molecule has 4 aromatic rings. The van der Waals surface area contributed by atoms with Gasteiger partial charge in [-0.05, 0) is 19.1 Å². The number of carbonyl (C=O) groups is 2. The smallest absolute Gasteiger partial charge is 0.243 e. The average Bonchev–Trinajstić information content (AvgIpc) is 3.29. The summed E-state index contributed by atoms with van der Waals surface area (Å²) in [7, 11) is 1.62. The van der Waals surface area contributed by atoms with Crippen molar-refractivity contribution in [1.82, 2.24) is 9.88 Å². The van der Waals surface area contributed by atoms with Gasteiger partial charge in [0.1, 0.15) is 5.69 Å². The number of nitrogens with zero attached hydrogens (tertiary/aromatic N) is 2. The minimum atomic E-state index is -0.242. The van der Waals surface area contributed by atoms with E-state index in [1.807, 2.05) is 91.9 Å². The van der Waals surface area contributed by atoms with Gasteiger partial charge in [-0.3, -0.25) is 9.59 Å². The Kier molecular flexibility index (Phi) is 7.18. The van der Waals surface area contributed by atoms with Crippen molar-refractivity contribution in [2.75, 3.05) is 18.9 Å². The van der Waals surface area contributed by atoms with E-state index in [1.54, 1.807) is 7.05 Å². The number of benzene rings is 3. The maximum Gasteiger partial charge on any atom is 0.243 e. The molecule has 1 aromatic heterocycles. The van der Waals surface area contributed by atoms with Crippen molar-refractivity contribution in [3.63, 3.8) is 0 Å². The van der Waals surface area contributed by atoms with Crippen LogP contribution in [0.1, 0.15) is 17.9 Å². The lowest BCUT2D eigenvalue weighted by atomic mass is 10.1. The van der Waals surface area contributed by atoms with Gasteiger partial charge in [0.15, 0.2) is 11.7 Å². The van der Waals surface area contributed by atoms with Crippen LogP contribution in [0.2, 0.25) is 0 Å². The first-order valence-electron chi connectivity index (χ1n) is 11.2. The van der Waals surface area contributed by atoms with E-state index in [1.165, 1.54) is 4.90 Å². The molecule has 0 radical (unpaired) electrons. The molecule has 4 rings (SSSR count). The van der Waals surface area contributed by atoms with E-state index < -0.39 is 0 Å². The van der Waals surface area contributed by atoms with Gasteiger partial charge in [0, 0.05) is 36.7 Å². The number of hydrogen-bond acceptors (Lipinski definition) is 4. The van der Waals surface area contributed by atoms with E-state index in [0.717, 1.165) is 22.4 Å². The van der Waals surface area contributed by atoms with Crippen LogP contribution >= 0.6 is 0 Å². The molecule has 3 aromatic carbocycles. The molecule has 34 heavy (non-hydrogen) atoms. The summed E-state index contributed by atoms with van der Waals surface area (Å²) in [4.78, 5) is 31.1. The number of nitrogens with one attached hydrogen (secondary N) is 1. The van der Waals surface area contributed by atoms with Crippen LogP contribution < -0.4 is 5.32 Å². The number of aromatic nitrogens is 1. The molecule has 0 saturated heterocycles. The van der Waals surface area contributed by atoms with Crippen molar-refractivity contribution >= 4 is 17.5 Å². The van der Waals surface area contributed by atoms with Crippen LogP contribution in [0.5, 0.6) is 0 Å². The highest BCUT2D eigenvalue weighted by molar-refractivity contribution is 5.94. The monoisotopic (exact) mass is 453 g/mol. The Morgan fingerprint density at radius 2 is 1.50 bits per heavy atom. The first kappa shape index (κ1) is 23.0. The molecule has 0 aliphatic carbocycles. The Bertz CT molecular complexity index is 1190. The van der Waals surface area contributed by atoms with Gasteiger partial charge in [-0.15, -0.1) is 0 Å². The van der Waals surface area contributed by atoms with Gasteiger partial charge in [-0.2, -0.15) is 0 Å². The third kappa shape index (κ3) is 5.78. The molecule has 0 spiro atoms. The zero-order chi connectivity index (χ0) is 23.9. The van der Waals surface area contributed by atoms with Crippen molar-refractivity contribution in [3.05, 3.63) is 96.4 Å². The van der Waals surface area contributed by atoms with Crippen LogP contribution in [-0.4, -0.2) is 35.3 Å². The van der Waals surface area contributed by atoms with E-state index in [2.05, 4.69) is 5.32 Å². The lowest BCUT2D eigenvalue weighted by molar-refractivity contribution is -0.133. The fraction of sp³-hybridized carbons (Fsp3) is 0.179. The summed E-state index contributed by atoms with van der Waals surface area (Å²) in [5.41, 5.74) is 4.45. The van der Waals surface area contributed by atoms with E-state index in [4.69, 9.17) is 9.40 Å². The molecular weight excluding hydrogens is 426 g/mol. The molecule has 0 atom stereocenters. The molecule has 172 valence electrons. The predicted molar refractivity (Wildman–Crippen MR) is 133 cm³/mol. The molecule has 0 aliphatic heterocycles. The maximum absolute atomic E-state index is 12.7. The third-order valence-corrected chi connectivity index (χ3v) is 5.45. The van der Waals surface area contributed by atoms with Crippen LogP contribution in [0.3, 0.4) is 0 Å². The molecule has 2 amide bonds. The van der Waals surface area contributed by atoms with Gasteiger partial charge in [0.25, 0.3) is 0 Å². The molecule has 0 saturated carbocycles. The summed E-state index contributed by atoms with van der Waals surface area (Å²) in [6.45, 7) is 1.96. The predicted octanol–water partition coefficient (Wildman–Crippen LogP) is 5.35. The number of oxazole rings is 1.